The van der Waals surface area contributed by atoms with Crippen LogP contribution in [0.2, 0.25) is 0 Å². The Morgan fingerprint density at radius 2 is 1.71 bits per heavy atom. The van der Waals surface area contributed by atoms with Crippen molar-refractivity contribution in [2.75, 3.05) is 0 Å². The fourth-order valence-electron chi connectivity index (χ4n) is 2.48. The Morgan fingerprint density at radius 1 is 1.10 bits per heavy atom. The highest BCUT2D eigenvalue weighted by molar-refractivity contribution is 5.88. The van der Waals surface area contributed by atoms with Crippen LogP contribution in [0.4, 0.5) is 0 Å². The predicted octanol–water partition coefficient (Wildman–Crippen LogP) is 4.65. The van der Waals surface area contributed by atoms with E-state index in [1.807, 2.05) is 0 Å². The molecular formula is C18H24O3. The molecule has 0 saturated heterocycles. The van der Waals surface area contributed by atoms with Gasteiger partial charge in [-0.2, -0.15) is 0 Å². The monoisotopic (exact) mass is 288 g/mol. The summed E-state index contributed by atoms with van der Waals surface area (Å²) >= 11 is 0. The van der Waals surface area contributed by atoms with Gasteiger partial charge in [-0.3, -0.25) is 4.79 Å². The van der Waals surface area contributed by atoms with E-state index >= 15 is 0 Å². The van der Waals surface area contributed by atoms with Gasteiger partial charge < -0.3 is 9.52 Å². The molecule has 1 N–H and O–H groups in total. The largest absolute Gasteiger partial charge is 0.481 e. The molecule has 1 aromatic heterocycles. The molecule has 0 aliphatic heterocycles. The number of hydrogen-bond acceptors (Lipinski definition) is 2. The van der Waals surface area contributed by atoms with Crippen LogP contribution in [0.3, 0.4) is 0 Å². The molecule has 0 saturated carbocycles. The molecule has 0 aliphatic rings. The molecule has 0 bridgehead atoms. The molecule has 0 radical (unpaired) electrons. The zero-order valence-electron chi connectivity index (χ0n) is 13.7. The molecule has 2 rings (SSSR count). The Bertz CT molecular complexity index is 679. The molecule has 0 spiro atoms. The number of carbonyl (C=O) groups is 1. The summed E-state index contributed by atoms with van der Waals surface area (Å²) in [6.45, 7) is 12.9. The third-order valence-electron chi connectivity index (χ3n) is 3.77. The van der Waals surface area contributed by atoms with Crippen LogP contribution >= 0.6 is 0 Å². The minimum atomic E-state index is -0.837. The van der Waals surface area contributed by atoms with Crippen molar-refractivity contribution in [3.63, 3.8) is 0 Å². The first-order chi connectivity index (χ1) is 9.50. The second-order valence-electron chi connectivity index (χ2n) is 7.73. The Kier molecular flexibility index (Phi) is 3.64. The lowest BCUT2D eigenvalue weighted by Crippen LogP contribution is -2.16. The van der Waals surface area contributed by atoms with Crippen LogP contribution in [0.5, 0.6) is 0 Å². The van der Waals surface area contributed by atoms with Crippen LogP contribution in [0.15, 0.2) is 22.8 Å². The summed E-state index contributed by atoms with van der Waals surface area (Å²) in [4.78, 5) is 11.0. The first-order valence-corrected chi connectivity index (χ1v) is 7.27. The van der Waals surface area contributed by atoms with E-state index in [4.69, 9.17) is 9.52 Å². The van der Waals surface area contributed by atoms with Gasteiger partial charge >= 0.3 is 5.97 Å². The molecule has 21 heavy (non-hydrogen) atoms. The Labute approximate surface area is 126 Å². The SMILES string of the molecule is CC(C)(C)c1cc(C(C)(C)C)c2occ(CC(=O)O)c2c1. The van der Waals surface area contributed by atoms with E-state index in [-0.39, 0.29) is 17.3 Å². The number of benzene rings is 1. The molecule has 1 heterocycles. The Morgan fingerprint density at radius 3 is 2.19 bits per heavy atom. The van der Waals surface area contributed by atoms with Crippen LogP contribution in [0.1, 0.15) is 58.2 Å². The lowest BCUT2D eigenvalue weighted by molar-refractivity contribution is -0.136. The van der Waals surface area contributed by atoms with Gasteiger partial charge in [-0.15, -0.1) is 0 Å². The van der Waals surface area contributed by atoms with Crippen LogP contribution in [-0.4, -0.2) is 11.1 Å². The number of carboxylic acids is 1. The minimum absolute atomic E-state index is 0.00591. The van der Waals surface area contributed by atoms with E-state index in [9.17, 15) is 4.79 Å². The number of carboxylic acid groups (broad SMARTS) is 1. The number of rotatable bonds is 2. The molecule has 0 unspecified atom stereocenters. The molecule has 0 aliphatic carbocycles. The summed E-state index contributed by atoms with van der Waals surface area (Å²) in [7, 11) is 0. The molecule has 0 amide bonds. The van der Waals surface area contributed by atoms with Gasteiger partial charge in [0, 0.05) is 16.5 Å². The predicted molar refractivity (Wildman–Crippen MR) is 85.0 cm³/mol. The van der Waals surface area contributed by atoms with Crippen LogP contribution in [0, 0.1) is 0 Å². The van der Waals surface area contributed by atoms with Crippen molar-refractivity contribution in [2.24, 2.45) is 0 Å². The summed E-state index contributed by atoms with van der Waals surface area (Å²) in [5, 5.41) is 9.99. The number of fused-ring (bicyclic) bond motifs is 1. The van der Waals surface area contributed by atoms with E-state index < -0.39 is 5.97 Å². The van der Waals surface area contributed by atoms with E-state index in [2.05, 4.69) is 53.7 Å². The summed E-state index contributed by atoms with van der Waals surface area (Å²) in [5.41, 5.74) is 3.83. The van der Waals surface area contributed by atoms with E-state index in [0.717, 1.165) is 22.1 Å². The van der Waals surface area contributed by atoms with Crippen molar-refractivity contribution in [3.05, 3.63) is 35.1 Å². The lowest BCUT2D eigenvalue weighted by atomic mass is 9.79. The highest BCUT2D eigenvalue weighted by Gasteiger charge is 2.25. The first kappa shape index (κ1) is 15.6. The second kappa shape index (κ2) is 4.90. The minimum Gasteiger partial charge on any atom is -0.481 e. The standard InChI is InChI=1S/C18H24O3/c1-17(2,3)12-8-13-11(7-15(19)20)10-21-16(13)14(9-12)18(4,5)6/h8-10H,7H2,1-6H3,(H,19,20). The molecule has 3 nitrogen and oxygen atoms in total. The Hall–Kier alpha value is -1.77. The first-order valence-electron chi connectivity index (χ1n) is 7.27. The highest BCUT2D eigenvalue weighted by atomic mass is 16.4. The number of aliphatic carboxylic acids is 1. The smallest absolute Gasteiger partial charge is 0.307 e. The summed E-state index contributed by atoms with van der Waals surface area (Å²) in [6.07, 6.45) is 1.57. The van der Waals surface area contributed by atoms with Crippen molar-refractivity contribution >= 4 is 16.9 Å². The zero-order chi connectivity index (χ0) is 16.0. The van der Waals surface area contributed by atoms with Crippen LogP contribution in [-0.2, 0) is 22.0 Å². The normalized spacial score (nSPS) is 12.9. The van der Waals surface area contributed by atoms with Crippen molar-refractivity contribution < 1.29 is 14.3 Å². The average Bonchev–Trinajstić information content (AvgIpc) is 2.68. The number of hydrogen-bond donors (Lipinski definition) is 1. The molecule has 114 valence electrons. The molecular weight excluding hydrogens is 264 g/mol. The van der Waals surface area contributed by atoms with Crippen molar-refractivity contribution in [3.8, 4) is 0 Å². The van der Waals surface area contributed by atoms with Gasteiger partial charge in [0.2, 0.25) is 0 Å². The topological polar surface area (TPSA) is 50.4 Å². The third kappa shape index (κ3) is 3.12. The third-order valence-corrected chi connectivity index (χ3v) is 3.77. The highest BCUT2D eigenvalue weighted by Crippen LogP contribution is 2.37. The lowest BCUT2D eigenvalue weighted by Gasteiger charge is -2.25. The van der Waals surface area contributed by atoms with Crippen molar-refractivity contribution in [1.82, 2.24) is 0 Å². The molecule has 0 fully saturated rings. The molecule has 1 aromatic carbocycles. The van der Waals surface area contributed by atoms with Crippen LogP contribution in [0.25, 0.3) is 11.0 Å². The summed E-state index contributed by atoms with van der Waals surface area (Å²) in [6, 6.07) is 4.27. The van der Waals surface area contributed by atoms with E-state index in [0.29, 0.717) is 0 Å². The Balaban J connectivity index is 2.77. The zero-order valence-corrected chi connectivity index (χ0v) is 13.7. The molecule has 2 aromatic rings. The second-order valence-corrected chi connectivity index (χ2v) is 7.73. The van der Waals surface area contributed by atoms with Gasteiger partial charge in [-0.1, -0.05) is 47.6 Å². The summed E-state index contributed by atoms with van der Waals surface area (Å²) in [5.74, 6) is -0.837. The quantitative estimate of drug-likeness (QED) is 0.874. The van der Waals surface area contributed by atoms with Crippen molar-refractivity contribution in [1.29, 1.82) is 0 Å². The van der Waals surface area contributed by atoms with Gasteiger partial charge in [0.25, 0.3) is 0 Å². The maximum atomic E-state index is 11.0. The maximum Gasteiger partial charge on any atom is 0.307 e. The van der Waals surface area contributed by atoms with Gasteiger partial charge in [-0.05, 0) is 22.5 Å². The fourth-order valence-corrected chi connectivity index (χ4v) is 2.48. The molecule has 3 heteroatoms. The maximum absolute atomic E-state index is 11.0. The molecule has 0 atom stereocenters. The fraction of sp³-hybridized carbons (Fsp3) is 0.500. The van der Waals surface area contributed by atoms with E-state index in [1.54, 1.807) is 6.26 Å². The average molecular weight is 288 g/mol. The van der Waals surface area contributed by atoms with E-state index in [1.165, 1.54) is 5.56 Å². The van der Waals surface area contributed by atoms with Gasteiger partial charge in [0.1, 0.15) is 5.58 Å². The summed E-state index contributed by atoms with van der Waals surface area (Å²) < 4.78 is 5.71. The van der Waals surface area contributed by atoms with Crippen molar-refractivity contribution in [2.45, 2.75) is 58.8 Å². The van der Waals surface area contributed by atoms with Gasteiger partial charge in [0.15, 0.2) is 0 Å². The van der Waals surface area contributed by atoms with Crippen LogP contribution < -0.4 is 0 Å². The number of furan rings is 1. The van der Waals surface area contributed by atoms with Gasteiger partial charge in [-0.25, -0.2) is 0 Å². The van der Waals surface area contributed by atoms with Gasteiger partial charge in [0.05, 0.1) is 12.7 Å².